The monoisotopic (exact) mass is 561 g/mol. The van der Waals surface area contributed by atoms with Gasteiger partial charge in [-0.25, -0.2) is 18.2 Å². The summed E-state index contributed by atoms with van der Waals surface area (Å²) in [5.74, 6) is -0.698. The van der Waals surface area contributed by atoms with Crippen LogP contribution in [0.3, 0.4) is 0 Å². The van der Waals surface area contributed by atoms with Crippen molar-refractivity contribution in [3.8, 4) is 28.7 Å². The Hall–Kier alpha value is -3.45. The third-order valence-corrected chi connectivity index (χ3v) is 7.29. The quantitative estimate of drug-likeness (QED) is 0.355. The number of hydrogen-bond acceptors (Lipinski definition) is 9. The average molecular weight is 562 g/mol. The van der Waals surface area contributed by atoms with E-state index in [-0.39, 0.29) is 51.3 Å². The van der Waals surface area contributed by atoms with Gasteiger partial charge in [0.25, 0.3) is 0 Å². The first kappa shape index (κ1) is 26.6. The van der Waals surface area contributed by atoms with Crippen LogP contribution in [0.2, 0.25) is 5.02 Å². The van der Waals surface area contributed by atoms with Crippen molar-refractivity contribution in [3.05, 3.63) is 47.1 Å². The van der Waals surface area contributed by atoms with Gasteiger partial charge in [-0.05, 0) is 43.7 Å². The maximum absolute atomic E-state index is 12.6. The van der Waals surface area contributed by atoms with Crippen LogP contribution < -0.4 is 18.9 Å². The molecular weight excluding hydrogens is 543 g/mol. The SMILES string of the molecule is COc1cc2nc(C)c(Oc3ccc(OC(F)(F)F)cc3)c(OC(=O)OC3CCS(=O)(=O)C3)c2cc1Cl. The lowest BCUT2D eigenvalue weighted by Gasteiger charge is -2.18. The molecule has 0 aliphatic carbocycles. The summed E-state index contributed by atoms with van der Waals surface area (Å²) in [7, 11) is -1.90. The fourth-order valence-electron chi connectivity index (χ4n) is 3.64. The van der Waals surface area contributed by atoms with Crippen molar-refractivity contribution in [2.24, 2.45) is 0 Å². The molecule has 198 valence electrons. The van der Waals surface area contributed by atoms with Crippen LogP contribution in [0.5, 0.6) is 28.7 Å². The molecule has 0 radical (unpaired) electrons. The standard InChI is InChI=1S/C23H19ClF3NO8S/c1-12-20(33-13-3-5-14(6-4-13)36-23(25,26)27)21(16-9-17(24)19(32-2)10-18(16)28-12)35-22(29)34-15-7-8-37(30,31)11-15/h3-6,9-10,15H,7-8,11H2,1-2H3. The first-order chi connectivity index (χ1) is 17.3. The lowest BCUT2D eigenvalue weighted by molar-refractivity contribution is -0.274. The van der Waals surface area contributed by atoms with E-state index >= 15 is 0 Å². The molecule has 3 aromatic rings. The van der Waals surface area contributed by atoms with Crippen LogP contribution in [-0.2, 0) is 14.6 Å². The topological polar surface area (TPSA) is 110 Å². The molecule has 2 heterocycles. The fourth-order valence-corrected chi connectivity index (χ4v) is 5.47. The van der Waals surface area contributed by atoms with Crippen molar-refractivity contribution < 1.29 is 50.1 Å². The number of hydrogen-bond donors (Lipinski definition) is 0. The lowest BCUT2D eigenvalue weighted by Crippen LogP contribution is -2.22. The van der Waals surface area contributed by atoms with Crippen LogP contribution in [0, 0.1) is 6.92 Å². The van der Waals surface area contributed by atoms with E-state index in [4.69, 9.17) is 30.5 Å². The van der Waals surface area contributed by atoms with Crippen molar-refractivity contribution in [3.63, 3.8) is 0 Å². The van der Waals surface area contributed by atoms with Crippen LogP contribution in [-0.4, -0.2) is 50.6 Å². The molecule has 4 rings (SSSR count). The predicted octanol–water partition coefficient (Wildman–Crippen LogP) is 5.60. The van der Waals surface area contributed by atoms with Crippen LogP contribution in [0.4, 0.5) is 18.0 Å². The number of aryl methyl sites for hydroxylation is 1. The predicted molar refractivity (Wildman–Crippen MR) is 125 cm³/mol. The van der Waals surface area contributed by atoms with Gasteiger partial charge in [0.2, 0.25) is 0 Å². The summed E-state index contributed by atoms with van der Waals surface area (Å²) in [6.07, 6.45) is -6.78. The molecule has 2 aromatic carbocycles. The van der Waals surface area contributed by atoms with Gasteiger partial charge in [0.1, 0.15) is 23.4 Å². The molecule has 1 unspecified atom stereocenters. The molecule has 1 atom stereocenters. The summed E-state index contributed by atoms with van der Waals surface area (Å²) in [5, 5.41) is 0.403. The van der Waals surface area contributed by atoms with E-state index in [2.05, 4.69) is 9.72 Å². The number of pyridine rings is 1. The summed E-state index contributed by atoms with van der Waals surface area (Å²) >= 11 is 6.27. The second kappa shape index (κ2) is 10.1. The van der Waals surface area contributed by atoms with E-state index in [0.717, 1.165) is 12.1 Å². The zero-order valence-corrected chi connectivity index (χ0v) is 20.9. The number of aromatic nitrogens is 1. The number of methoxy groups -OCH3 is 1. The zero-order valence-electron chi connectivity index (χ0n) is 19.3. The van der Waals surface area contributed by atoms with Gasteiger partial charge in [0.05, 0.1) is 34.8 Å². The Morgan fingerprint density at radius 2 is 1.78 bits per heavy atom. The molecule has 9 nitrogen and oxygen atoms in total. The first-order valence-electron chi connectivity index (χ1n) is 10.6. The number of fused-ring (bicyclic) bond motifs is 1. The number of rotatable bonds is 6. The Balaban J connectivity index is 1.70. The third-order valence-electron chi connectivity index (χ3n) is 5.25. The second-order valence-electron chi connectivity index (χ2n) is 7.98. The molecule has 14 heteroatoms. The molecule has 1 saturated heterocycles. The minimum absolute atomic E-state index is 0.0470. The fraction of sp³-hybridized carbons (Fsp3) is 0.304. The average Bonchev–Trinajstić information content (AvgIpc) is 3.14. The Kier molecular flexibility index (Phi) is 7.29. The van der Waals surface area contributed by atoms with E-state index in [1.54, 1.807) is 6.92 Å². The van der Waals surface area contributed by atoms with Gasteiger partial charge in [0.15, 0.2) is 21.3 Å². The number of carbonyl (C=O) groups excluding carboxylic acids is 1. The van der Waals surface area contributed by atoms with E-state index in [9.17, 15) is 26.4 Å². The van der Waals surface area contributed by atoms with Gasteiger partial charge in [-0.2, -0.15) is 0 Å². The molecular formula is C23H19ClF3NO8S. The van der Waals surface area contributed by atoms with Crippen molar-refractivity contribution >= 4 is 38.5 Å². The molecule has 1 aliphatic rings. The highest BCUT2D eigenvalue weighted by Gasteiger charge is 2.33. The van der Waals surface area contributed by atoms with Gasteiger partial charge in [-0.3, -0.25) is 0 Å². The smallest absolute Gasteiger partial charge is 0.495 e. The molecule has 0 spiro atoms. The highest BCUT2D eigenvalue weighted by atomic mass is 35.5. The number of nitrogens with zero attached hydrogens (tertiary/aromatic N) is 1. The Morgan fingerprint density at radius 1 is 1.11 bits per heavy atom. The summed E-state index contributed by atoms with van der Waals surface area (Å²) in [6.45, 7) is 1.55. The molecule has 1 aliphatic heterocycles. The molecule has 1 aromatic heterocycles. The Bertz CT molecular complexity index is 1450. The van der Waals surface area contributed by atoms with Crippen molar-refractivity contribution in [2.45, 2.75) is 25.8 Å². The summed E-state index contributed by atoms with van der Waals surface area (Å²) in [6, 6.07) is 7.47. The molecule has 0 saturated carbocycles. The lowest BCUT2D eigenvalue weighted by atomic mass is 10.1. The van der Waals surface area contributed by atoms with Gasteiger partial charge < -0.3 is 23.7 Å². The molecule has 1 fully saturated rings. The van der Waals surface area contributed by atoms with Gasteiger partial charge in [0, 0.05) is 11.5 Å². The van der Waals surface area contributed by atoms with Gasteiger partial charge in [-0.15, -0.1) is 13.2 Å². The molecule has 37 heavy (non-hydrogen) atoms. The molecule has 0 bridgehead atoms. The minimum Gasteiger partial charge on any atom is -0.495 e. The summed E-state index contributed by atoms with van der Waals surface area (Å²) < 4.78 is 86.3. The maximum Gasteiger partial charge on any atom is 0.573 e. The number of ether oxygens (including phenoxy) is 5. The third kappa shape index (κ3) is 6.46. The van der Waals surface area contributed by atoms with Gasteiger partial charge >= 0.3 is 12.5 Å². The Labute approximate surface area is 213 Å². The normalized spacial score (nSPS) is 16.9. The van der Waals surface area contributed by atoms with Crippen LogP contribution in [0.25, 0.3) is 10.9 Å². The van der Waals surface area contributed by atoms with E-state index in [0.29, 0.717) is 11.3 Å². The second-order valence-corrected chi connectivity index (χ2v) is 10.6. The van der Waals surface area contributed by atoms with Crippen LogP contribution >= 0.6 is 11.6 Å². The largest absolute Gasteiger partial charge is 0.573 e. The number of carbonyl (C=O) groups is 1. The number of alkyl halides is 3. The van der Waals surface area contributed by atoms with Gasteiger partial charge in [-0.1, -0.05) is 11.6 Å². The van der Waals surface area contributed by atoms with Crippen molar-refractivity contribution in [2.75, 3.05) is 18.6 Å². The maximum atomic E-state index is 12.6. The Morgan fingerprint density at radius 3 is 2.38 bits per heavy atom. The summed E-state index contributed by atoms with van der Waals surface area (Å²) in [5.41, 5.74) is 0.574. The number of benzene rings is 2. The van der Waals surface area contributed by atoms with E-state index < -0.39 is 34.2 Å². The van der Waals surface area contributed by atoms with E-state index in [1.165, 1.54) is 31.4 Å². The number of halogens is 4. The minimum atomic E-state index is -4.86. The first-order valence-corrected chi connectivity index (χ1v) is 12.8. The van der Waals surface area contributed by atoms with Crippen molar-refractivity contribution in [1.29, 1.82) is 0 Å². The zero-order chi connectivity index (χ0) is 27.0. The summed E-state index contributed by atoms with van der Waals surface area (Å²) in [4.78, 5) is 17.1. The van der Waals surface area contributed by atoms with Crippen molar-refractivity contribution in [1.82, 2.24) is 4.98 Å². The molecule has 0 N–H and O–H groups in total. The van der Waals surface area contributed by atoms with Crippen LogP contribution in [0.15, 0.2) is 36.4 Å². The number of sulfone groups is 1. The van der Waals surface area contributed by atoms with E-state index in [1.807, 2.05) is 0 Å². The highest BCUT2D eigenvalue weighted by molar-refractivity contribution is 7.91. The van der Waals surface area contributed by atoms with Crippen LogP contribution in [0.1, 0.15) is 12.1 Å². The highest BCUT2D eigenvalue weighted by Crippen LogP contribution is 2.43. The molecule has 0 amide bonds.